The molecule has 1 heterocycles. The zero-order valence-corrected chi connectivity index (χ0v) is 20.5. The normalized spacial score (nSPS) is 19.4. The van der Waals surface area contributed by atoms with Crippen LogP contribution in [0.25, 0.3) is 0 Å². The summed E-state index contributed by atoms with van der Waals surface area (Å²) in [5.74, 6) is -0.114. The Morgan fingerprint density at radius 1 is 1.11 bits per heavy atom. The smallest absolute Gasteiger partial charge is 0.408 e. The SMILES string of the molecule is CC(C)(C)OC(=O)NC(C)(C)C(=O)N1CCNC(CO[Si](C)(C)C(C)(C)C)C1. The van der Waals surface area contributed by atoms with Gasteiger partial charge in [0.15, 0.2) is 8.32 Å². The van der Waals surface area contributed by atoms with Gasteiger partial charge >= 0.3 is 6.09 Å². The molecule has 1 saturated heterocycles. The van der Waals surface area contributed by atoms with Crippen molar-refractivity contribution in [1.82, 2.24) is 15.5 Å². The minimum absolute atomic E-state index is 0.0872. The maximum absolute atomic E-state index is 13.0. The summed E-state index contributed by atoms with van der Waals surface area (Å²) in [7, 11) is -1.84. The predicted octanol–water partition coefficient (Wildman–Crippen LogP) is 3.11. The van der Waals surface area contributed by atoms with Gasteiger partial charge in [-0.15, -0.1) is 0 Å². The molecule has 164 valence electrons. The van der Waals surface area contributed by atoms with Gasteiger partial charge in [0.25, 0.3) is 0 Å². The Morgan fingerprint density at radius 3 is 2.18 bits per heavy atom. The van der Waals surface area contributed by atoms with E-state index in [1.165, 1.54) is 0 Å². The molecule has 0 aromatic rings. The summed E-state index contributed by atoms with van der Waals surface area (Å²) in [5.41, 5.74) is -1.64. The van der Waals surface area contributed by atoms with Crippen LogP contribution in [0.2, 0.25) is 18.1 Å². The van der Waals surface area contributed by atoms with Crippen LogP contribution < -0.4 is 10.6 Å². The third-order valence-corrected chi connectivity index (χ3v) is 9.84. The number of alkyl carbamates (subject to hydrolysis) is 1. The van der Waals surface area contributed by atoms with E-state index in [9.17, 15) is 9.59 Å². The van der Waals surface area contributed by atoms with Crippen LogP contribution in [-0.4, -0.2) is 68.6 Å². The van der Waals surface area contributed by atoms with Gasteiger partial charge in [0, 0.05) is 25.7 Å². The summed E-state index contributed by atoms with van der Waals surface area (Å²) in [6, 6.07) is 0.0872. The minimum atomic E-state index is -1.84. The summed E-state index contributed by atoms with van der Waals surface area (Å²) in [5, 5.41) is 6.30. The fourth-order valence-corrected chi connectivity index (χ4v) is 3.71. The van der Waals surface area contributed by atoms with E-state index in [1.54, 1.807) is 39.5 Å². The molecule has 0 radical (unpaired) electrons. The Labute approximate surface area is 172 Å². The Balaban J connectivity index is 2.67. The van der Waals surface area contributed by atoms with Gasteiger partial charge in [-0.05, 0) is 52.8 Å². The molecule has 2 amide bonds. The second-order valence-electron chi connectivity index (χ2n) is 10.7. The van der Waals surface area contributed by atoms with Crippen molar-refractivity contribution in [3.8, 4) is 0 Å². The third kappa shape index (κ3) is 7.37. The van der Waals surface area contributed by atoms with Gasteiger partial charge in [0.05, 0.1) is 6.61 Å². The lowest BCUT2D eigenvalue weighted by molar-refractivity contribution is -0.138. The number of nitrogens with zero attached hydrogens (tertiary/aromatic N) is 1. The van der Waals surface area contributed by atoms with Crippen LogP contribution in [-0.2, 0) is 14.0 Å². The molecule has 1 aliphatic heterocycles. The number of piperazine rings is 1. The molecule has 0 bridgehead atoms. The van der Waals surface area contributed by atoms with E-state index in [-0.39, 0.29) is 17.0 Å². The highest BCUT2D eigenvalue weighted by Crippen LogP contribution is 2.36. The fraction of sp³-hybridized carbons (Fsp3) is 0.900. The first-order chi connectivity index (χ1) is 12.4. The van der Waals surface area contributed by atoms with Gasteiger partial charge in [0.1, 0.15) is 11.1 Å². The van der Waals surface area contributed by atoms with E-state index >= 15 is 0 Å². The van der Waals surface area contributed by atoms with Crippen molar-refractivity contribution in [3.05, 3.63) is 0 Å². The lowest BCUT2D eigenvalue weighted by atomic mass is 10.0. The number of amides is 2. The standard InChI is InChI=1S/C20H41N3O4Si/c1-18(2,3)27-17(25)22-20(7,8)16(24)23-12-11-21-15(13-23)14-26-28(9,10)19(4,5)6/h15,21H,11-14H2,1-10H3,(H,22,25). The van der Waals surface area contributed by atoms with E-state index in [4.69, 9.17) is 9.16 Å². The minimum Gasteiger partial charge on any atom is -0.444 e. The molecule has 7 nitrogen and oxygen atoms in total. The molecule has 1 rings (SSSR count). The van der Waals surface area contributed by atoms with Crippen molar-refractivity contribution in [1.29, 1.82) is 0 Å². The Kier molecular flexibility index (Phi) is 7.75. The largest absolute Gasteiger partial charge is 0.444 e. The quantitative estimate of drug-likeness (QED) is 0.675. The number of rotatable bonds is 5. The van der Waals surface area contributed by atoms with Gasteiger partial charge in [-0.25, -0.2) is 4.79 Å². The number of hydrogen-bond acceptors (Lipinski definition) is 5. The molecule has 1 fully saturated rings. The average molecular weight is 416 g/mol. The highest BCUT2D eigenvalue weighted by Gasteiger charge is 2.39. The van der Waals surface area contributed by atoms with E-state index in [0.29, 0.717) is 26.2 Å². The summed E-state index contributed by atoms with van der Waals surface area (Å²) in [6.07, 6.45) is -0.584. The number of hydrogen-bond donors (Lipinski definition) is 2. The molecule has 0 saturated carbocycles. The molecule has 0 aromatic heterocycles. The second kappa shape index (κ2) is 8.71. The Bertz CT molecular complexity index is 565. The fourth-order valence-electron chi connectivity index (χ4n) is 2.65. The summed E-state index contributed by atoms with van der Waals surface area (Å²) in [6.45, 7) is 22.4. The van der Waals surface area contributed by atoms with E-state index in [0.717, 1.165) is 0 Å². The molecular formula is C20H41N3O4Si. The van der Waals surface area contributed by atoms with Gasteiger partial charge < -0.3 is 24.7 Å². The van der Waals surface area contributed by atoms with E-state index < -0.39 is 25.6 Å². The first kappa shape index (κ1) is 24.9. The molecule has 0 aromatic carbocycles. The van der Waals surface area contributed by atoms with Crippen LogP contribution >= 0.6 is 0 Å². The van der Waals surface area contributed by atoms with Crippen molar-refractivity contribution in [2.24, 2.45) is 0 Å². The van der Waals surface area contributed by atoms with Crippen LogP contribution in [0.5, 0.6) is 0 Å². The van der Waals surface area contributed by atoms with Crippen LogP contribution in [0, 0.1) is 0 Å². The van der Waals surface area contributed by atoms with Crippen LogP contribution in [0.15, 0.2) is 0 Å². The summed E-state index contributed by atoms with van der Waals surface area (Å²) < 4.78 is 11.6. The average Bonchev–Trinajstić information content (AvgIpc) is 2.49. The van der Waals surface area contributed by atoms with Crippen molar-refractivity contribution in [2.45, 2.75) is 90.7 Å². The molecule has 2 N–H and O–H groups in total. The lowest BCUT2D eigenvalue weighted by Crippen LogP contribution is -2.62. The lowest BCUT2D eigenvalue weighted by Gasteiger charge is -2.41. The van der Waals surface area contributed by atoms with Crippen LogP contribution in [0.3, 0.4) is 0 Å². The van der Waals surface area contributed by atoms with E-state index in [2.05, 4.69) is 44.5 Å². The summed E-state index contributed by atoms with van der Waals surface area (Å²) in [4.78, 5) is 26.9. The molecule has 1 atom stereocenters. The second-order valence-corrected chi connectivity index (χ2v) is 15.5. The van der Waals surface area contributed by atoms with Gasteiger partial charge in [0.2, 0.25) is 5.91 Å². The molecule has 28 heavy (non-hydrogen) atoms. The first-order valence-electron chi connectivity index (χ1n) is 10.1. The van der Waals surface area contributed by atoms with Crippen LogP contribution in [0.4, 0.5) is 4.79 Å². The molecular weight excluding hydrogens is 374 g/mol. The number of nitrogens with one attached hydrogen (secondary N) is 2. The zero-order valence-electron chi connectivity index (χ0n) is 19.5. The predicted molar refractivity (Wildman–Crippen MR) is 115 cm³/mol. The Morgan fingerprint density at radius 2 is 1.68 bits per heavy atom. The molecule has 8 heteroatoms. The highest BCUT2D eigenvalue weighted by atomic mass is 28.4. The van der Waals surface area contributed by atoms with Crippen molar-refractivity contribution < 1.29 is 18.8 Å². The third-order valence-electron chi connectivity index (χ3n) is 5.34. The monoisotopic (exact) mass is 415 g/mol. The summed E-state index contributed by atoms with van der Waals surface area (Å²) >= 11 is 0. The highest BCUT2D eigenvalue weighted by molar-refractivity contribution is 6.74. The molecule has 1 unspecified atom stereocenters. The van der Waals surface area contributed by atoms with Crippen molar-refractivity contribution >= 4 is 20.3 Å². The Hall–Kier alpha value is -1.12. The van der Waals surface area contributed by atoms with Gasteiger partial charge in [-0.1, -0.05) is 20.8 Å². The van der Waals surface area contributed by atoms with Gasteiger partial charge in [-0.2, -0.15) is 0 Å². The number of carbonyl (C=O) groups is 2. The maximum Gasteiger partial charge on any atom is 0.408 e. The topological polar surface area (TPSA) is 79.9 Å². The molecule has 1 aliphatic rings. The first-order valence-corrected chi connectivity index (χ1v) is 13.0. The van der Waals surface area contributed by atoms with E-state index in [1.807, 2.05) is 0 Å². The maximum atomic E-state index is 13.0. The zero-order chi connectivity index (χ0) is 22.0. The molecule has 0 spiro atoms. The van der Waals surface area contributed by atoms with Crippen LogP contribution in [0.1, 0.15) is 55.4 Å². The van der Waals surface area contributed by atoms with Crippen molar-refractivity contribution in [3.63, 3.8) is 0 Å². The molecule has 0 aliphatic carbocycles. The number of ether oxygens (including phenoxy) is 1. The van der Waals surface area contributed by atoms with Gasteiger partial charge in [-0.3, -0.25) is 4.79 Å². The van der Waals surface area contributed by atoms with Crippen molar-refractivity contribution in [2.75, 3.05) is 26.2 Å². The number of carbonyl (C=O) groups excluding carboxylic acids is 2.